The van der Waals surface area contributed by atoms with Crippen LogP contribution in [0.25, 0.3) is 0 Å². The van der Waals surface area contributed by atoms with E-state index < -0.39 is 10.0 Å². The Morgan fingerprint density at radius 1 is 1.35 bits per heavy atom. The second-order valence-electron chi connectivity index (χ2n) is 5.25. The van der Waals surface area contributed by atoms with Gasteiger partial charge < -0.3 is 10.2 Å². The highest BCUT2D eigenvalue weighted by molar-refractivity contribution is 9.10. The fourth-order valence-electron chi connectivity index (χ4n) is 2.63. The molecule has 0 aliphatic heterocycles. The molecule has 0 amide bonds. The Bertz CT molecular complexity index is 536. The first-order valence-corrected chi connectivity index (χ1v) is 9.28. The van der Waals surface area contributed by atoms with Crippen molar-refractivity contribution in [3.63, 3.8) is 0 Å². The van der Waals surface area contributed by atoms with E-state index >= 15 is 0 Å². The van der Waals surface area contributed by atoms with E-state index in [1.165, 1.54) is 38.2 Å². The highest BCUT2D eigenvalue weighted by atomic mass is 79.9. The van der Waals surface area contributed by atoms with Crippen LogP contribution in [0.3, 0.4) is 0 Å². The molecule has 1 aliphatic rings. The number of nitrogens with one attached hydrogen (secondary N) is 1. The van der Waals surface area contributed by atoms with Crippen molar-refractivity contribution in [1.82, 2.24) is 4.72 Å². The van der Waals surface area contributed by atoms with Crippen molar-refractivity contribution >= 4 is 26.0 Å². The summed E-state index contributed by atoms with van der Waals surface area (Å²) in [7, 11) is -3.53. The van der Waals surface area contributed by atoms with E-state index in [1.807, 2.05) is 0 Å². The number of sulfonamides is 1. The normalized spacial score (nSPS) is 17.5. The summed E-state index contributed by atoms with van der Waals surface area (Å²) in [6.45, 7) is 0.652. The molecule has 7 heteroatoms. The van der Waals surface area contributed by atoms with Gasteiger partial charge in [-0.15, -0.1) is 0 Å². The Kier molecular flexibility index (Phi) is 5.65. The number of furan rings is 1. The third kappa shape index (κ3) is 4.07. The van der Waals surface area contributed by atoms with Crippen LogP contribution in [0, 0.1) is 5.92 Å². The van der Waals surface area contributed by atoms with Gasteiger partial charge in [-0.2, -0.15) is 0 Å². The van der Waals surface area contributed by atoms with Crippen LogP contribution in [0.5, 0.6) is 0 Å². The molecule has 5 nitrogen and oxygen atoms in total. The third-order valence-electron chi connectivity index (χ3n) is 3.77. The number of hydrogen-bond acceptors (Lipinski definition) is 4. The van der Waals surface area contributed by atoms with Gasteiger partial charge in [0, 0.05) is 12.6 Å². The predicted molar refractivity (Wildman–Crippen MR) is 80.7 cm³/mol. The fourth-order valence-corrected chi connectivity index (χ4v) is 4.68. The predicted octanol–water partition coefficient (Wildman–Crippen LogP) is 2.75. The lowest BCUT2D eigenvalue weighted by Gasteiger charge is -2.21. The first-order chi connectivity index (χ1) is 9.53. The van der Waals surface area contributed by atoms with Gasteiger partial charge in [0.15, 0.2) is 4.67 Å². The van der Waals surface area contributed by atoms with E-state index in [-0.39, 0.29) is 16.1 Å². The number of nitrogens with two attached hydrogens (primary N) is 1. The third-order valence-corrected chi connectivity index (χ3v) is 6.08. The van der Waals surface area contributed by atoms with Crippen LogP contribution in [-0.2, 0) is 16.6 Å². The minimum atomic E-state index is -3.53. The van der Waals surface area contributed by atoms with Crippen molar-refractivity contribution in [2.24, 2.45) is 11.7 Å². The van der Waals surface area contributed by atoms with Gasteiger partial charge in [0.05, 0.1) is 6.54 Å². The molecule has 1 aromatic heterocycles. The number of hydrogen-bond donors (Lipinski definition) is 2. The van der Waals surface area contributed by atoms with Crippen LogP contribution in [-0.4, -0.2) is 15.0 Å². The minimum Gasteiger partial charge on any atom is -0.452 e. The van der Waals surface area contributed by atoms with Crippen molar-refractivity contribution in [1.29, 1.82) is 0 Å². The van der Waals surface area contributed by atoms with E-state index in [4.69, 9.17) is 10.2 Å². The molecule has 1 aliphatic carbocycles. The Hall–Kier alpha value is -0.370. The summed E-state index contributed by atoms with van der Waals surface area (Å²) < 4.78 is 32.4. The maximum atomic E-state index is 12.2. The minimum absolute atomic E-state index is 0.126. The Labute approximate surface area is 128 Å². The first-order valence-electron chi connectivity index (χ1n) is 7.01. The van der Waals surface area contributed by atoms with Gasteiger partial charge in [-0.1, -0.05) is 32.1 Å². The fraction of sp³-hybridized carbons (Fsp3) is 0.692. The quantitative estimate of drug-likeness (QED) is 0.812. The second-order valence-corrected chi connectivity index (χ2v) is 7.70. The molecule has 0 aromatic carbocycles. The molecule has 20 heavy (non-hydrogen) atoms. The smallest absolute Gasteiger partial charge is 0.244 e. The lowest BCUT2D eigenvalue weighted by molar-refractivity contribution is 0.339. The molecule has 1 heterocycles. The molecule has 2 rings (SSSR count). The van der Waals surface area contributed by atoms with Crippen LogP contribution < -0.4 is 10.5 Å². The molecule has 1 saturated carbocycles. The Balaban J connectivity index is 1.91. The summed E-state index contributed by atoms with van der Waals surface area (Å²) in [6, 6.07) is 1.47. The van der Waals surface area contributed by atoms with E-state index in [1.54, 1.807) is 0 Å². The monoisotopic (exact) mass is 364 g/mol. The van der Waals surface area contributed by atoms with Crippen LogP contribution >= 0.6 is 15.9 Å². The van der Waals surface area contributed by atoms with E-state index in [0.717, 1.165) is 6.42 Å². The second kappa shape index (κ2) is 7.06. The molecule has 3 N–H and O–H groups in total. The van der Waals surface area contributed by atoms with Crippen molar-refractivity contribution in [2.45, 2.75) is 50.0 Å². The van der Waals surface area contributed by atoms with Crippen LogP contribution in [0.15, 0.2) is 20.0 Å². The Morgan fingerprint density at radius 3 is 2.65 bits per heavy atom. The highest BCUT2D eigenvalue weighted by Gasteiger charge is 2.22. The molecule has 0 radical (unpaired) electrons. The molecule has 0 spiro atoms. The lowest BCUT2D eigenvalue weighted by atomic mass is 9.87. The van der Waals surface area contributed by atoms with E-state index in [0.29, 0.717) is 18.2 Å². The summed E-state index contributed by atoms with van der Waals surface area (Å²) in [6.07, 6.45) is 7.18. The molecular formula is C13H21BrN2O3S. The standard InChI is InChI=1S/C13H21BrN2O3S/c14-13-12(8-11(9-15)19-13)20(17,18)16-7-6-10-4-2-1-3-5-10/h8,10,16H,1-7,9,15H2. The first kappa shape index (κ1) is 16.0. The van der Waals surface area contributed by atoms with Gasteiger partial charge in [-0.3, -0.25) is 0 Å². The summed E-state index contributed by atoms with van der Waals surface area (Å²) in [5.41, 5.74) is 5.44. The molecule has 1 fully saturated rings. The van der Waals surface area contributed by atoms with Crippen molar-refractivity contribution in [3.8, 4) is 0 Å². The zero-order chi connectivity index (χ0) is 14.6. The van der Waals surface area contributed by atoms with Gasteiger partial charge >= 0.3 is 0 Å². The number of halogens is 1. The number of rotatable bonds is 6. The molecule has 114 valence electrons. The summed E-state index contributed by atoms with van der Waals surface area (Å²) >= 11 is 3.12. The van der Waals surface area contributed by atoms with Crippen molar-refractivity contribution < 1.29 is 12.8 Å². The van der Waals surface area contributed by atoms with Gasteiger partial charge in [0.1, 0.15) is 10.7 Å². The maximum Gasteiger partial charge on any atom is 0.244 e. The van der Waals surface area contributed by atoms with Gasteiger partial charge in [-0.25, -0.2) is 13.1 Å². The zero-order valence-electron chi connectivity index (χ0n) is 11.4. The van der Waals surface area contributed by atoms with Gasteiger partial charge in [0.2, 0.25) is 10.0 Å². The van der Waals surface area contributed by atoms with Gasteiger partial charge in [-0.05, 0) is 28.3 Å². The zero-order valence-corrected chi connectivity index (χ0v) is 13.8. The average Bonchev–Trinajstić information content (AvgIpc) is 2.82. The van der Waals surface area contributed by atoms with Crippen LogP contribution in [0.4, 0.5) is 0 Å². The molecular weight excluding hydrogens is 344 g/mol. The molecule has 0 atom stereocenters. The van der Waals surface area contributed by atoms with E-state index in [2.05, 4.69) is 20.7 Å². The lowest BCUT2D eigenvalue weighted by Crippen LogP contribution is -2.26. The van der Waals surface area contributed by atoms with Crippen LogP contribution in [0.2, 0.25) is 0 Å². The summed E-state index contributed by atoms with van der Waals surface area (Å²) in [5.74, 6) is 1.10. The molecule has 0 unspecified atom stereocenters. The highest BCUT2D eigenvalue weighted by Crippen LogP contribution is 2.27. The Morgan fingerprint density at radius 2 is 2.05 bits per heavy atom. The van der Waals surface area contributed by atoms with Crippen molar-refractivity contribution in [2.75, 3.05) is 6.54 Å². The molecule has 0 bridgehead atoms. The van der Waals surface area contributed by atoms with Crippen LogP contribution in [0.1, 0.15) is 44.3 Å². The maximum absolute atomic E-state index is 12.2. The topological polar surface area (TPSA) is 85.3 Å². The molecule has 1 aromatic rings. The van der Waals surface area contributed by atoms with Crippen molar-refractivity contribution in [3.05, 3.63) is 16.5 Å². The van der Waals surface area contributed by atoms with Gasteiger partial charge in [0.25, 0.3) is 0 Å². The average molecular weight is 365 g/mol. The van der Waals surface area contributed by atoms with E-state index in [9.17, 15) is 8.42 Å². The largest absolute Gasteiger partial charge is 0.452 e. The summed E-state index contributed by atoms with van der Waals surface area (Å²) in [4.78, 5) is 0.126. The summed E-state index contributed by atoms with van der Waals surface area (Å²) in [5, 5.41) is 0. The SMILES string of the molecule is NCc1cc(S(=O)(=O)NCCC2CCCCC2)c(Br)o1. The molecule has 0 saturated heterocycles.